The molecule has 1 amide bonds. The molecular formula is C13H17FN4O2. The van der Waals surface area contributed by atoms with Crippen LogP contribution in [0.1, 0.15) is 20.8 Å². The van der Waals surface area contributed by atoms with Gasteiger partial charge in [-0.15, -0.1) is 0 Å². The molecule has 0 fully saturated rings. The zero-order valence-electron chi connectivity index (χ0n) is 11.7. The molecule has 2 N–H and O–H groups in total. The van der Waals surface area contributed by atoms with Crippen LogP contribution in [0.15, 0.2) is 12.3 Å². The van der Waals surface area contributed by atoms with Crippen molar-refractivity contribution in [1.29, 1.82) is 0 Å². The van der Waals surface area contributed by atoms with Gasteiger partial charge >= 0.3 is 6.09 Å². The van der Waals surface area contributed by atoms with Crippen LogP contribution in [0, 0.1) is 12.4 Å². The van der Waals surface area contributed by atoms with E-state index in [4.69, 9.17) is 11.3 Å². The molecule has 20 heavy (non-hydrogen) atoms. The molecule has 1 rings (SSSR count). The smallest absolute Gasteiger partial charge is 0.407 e. The first-order chi connectivity index (χ1) is 9.31. The second-order valence-corrected chi connectivity index (χ2v) is 4.99. The fourth-order valence-corrected chi connectivity index (χ4v) is 1.28. The molecule has 0 spiro atoms. The molecule has 1 heterocycles. The van der Waals surface area contributed by atoms with E-state index >= 15 is 0 Å². The number of rotatable bonds is 4. The number of anilines is 1. The lowest BCUT2D eigenvalue weighted by Gasteiger charge is -2.19. The normalized spacial score (nSPS) is 10.6. The Bertz CT molecular complexity index is 520. The zero-order chi connectivity index (χ0) is 15.2. The van der Waals surface area contributed by atoms with Gasteiger partial charge in [0, 0.05) is 19.3 Å². The second kappa shape index (κ2) is 6.70. The lowest BCUT2D eigenvalue weighted by atomic mass is 10.2. The fraction of sp³-hybridized carbons (Fsp3) is 0.462. The van der Waals surface area contributed by atoms with E-state index < -0.39 is 17.5 Å². The number of nitrogens with one attached hydrogen (secondary N) is 2. The third-order valence-corrected chi connectivity index (χ3v) is 2.04. The maximum Gasteiger partial charge on any atom is 0.407 e. The Morgan fingerprint density at radius 1 is 1.50 bits per heavy atom. The summed E-state index contributed by atoms with van der Waals surface area (Å²) in [6.45, 7) is 12.6. The quantitative estimate of drug-likeness (QED) is 0.657. The maximum absolute atomic E-state index is 13.5. The number of hydrogen-bond acceptors (Lipinski definition) is 4. The van der Waals surface area contributed by atoms with Gasteiger partial charge in [0.05, 0.1) is 6.57 Å². The molecular weight excluding hydrogens is 263 g/mol. The number of aromatic nitrogens is 1. The molecule has 0 saturated carbocycles. The Morgan fingerprint density at radius 3 is 2.75 bits per heavy atom. The number of nitrogens with zero attached hydrogens (tertiary/aromatic N) is 2. The summed E-state index contributed by atoms with van der Waals surface area (Å²) in [5, 5.41) is 5.25. The Morgan fingerprint density at radius 2 is 2.20 bits per heavy atom. The maximum atomic E-state index is 13.5. The first-order valence-corrected chi connectivity index (χ1v) is 6.05. The topological polar surface area (TPSA) is 67.6 Å². The van der Waals surface area contributed by atoms with Gasteiger partial charge in [-0.1, -0.05) is 0 Å². The number of hydrogen-bond donors (Lipinski definition) is 2. The van der Waals surface area contributed by atoms with Crippen LogP contribution in [0.3, 0.4) is 0 Å². The van der Waals surface area contributed by atoms with Gasteiger partial charge in [-0.05, 0) is 26.8 Å². The molecule has 0 aliphatic heterocycles. The van der Waals surface area contributed by atoms with Crippen molar-refractivity contribution in [2.24, 2.45) is 0 Å². The standard InChI is InChI=1S/C13H17FN4O2/c1-13(2,3)20-12(19)17-6-5-16-11-10(14)7-9(15-4)8-18-11/h7-8H,5-6H2,1-3H3,(H,16,18)(H,17,19). The molecule has 0 atom stereocenters. The molecule has 0 aromatic carbocycles. The Labute approximate surface area is 117 Å². The summed E-state index contributed by atoms with van der Waals surface area (Å²) in [5.74, 6) is -0.556. The summed E-state index contributed by atoms with van der Waals surface area (Å²) in [7, 11) is 0. The van der Waals surface area contributed by atoms with Gasteiger partial charge in [-0.2, -0.15) is 0 Å². The van der Waals surface area contributed by atoms with Crippen LogP contribution in [0.2, 0.25) is 0 Å². The molecule has 0 bridgehead atoms. The van der Waals surface area contributed by atoms with E-state index in [0.717, 1.165) is 6.07 Å². The molecule has 108 valence electrons. The van der Waals surface area contributed by atoms with Crippen molar-refractivity contribution in [2.75, 3.05) is 18.4 Å². The summed E-state index contributed by atoms with van der Waals surface area (Å²) in [4.78, 5) is 18.2. The molecule has 1 aromatic rings. The molecule has 0 saturated heterocycles. The molecule has 0 unspecified atom stereocenters. The molecule has 6 nitrogen and oxygen atoms in total. The van der Waals surface area contributed by atoms with Gasteiger partial charge in [0.2, 0.25) is 5.69 Å². The zero-order valence-corrected chi connectivity index (χ0v) is 11.7. The summed E-state index contributed by atoms with van der Waals surface area (Å²) >= 11 is 0. The number of halogens is 1. The van der Waals surface area contributed by atoms with Crippen molar-refractivity contribution in [3.05, 3.63) is 29.5 Å². The van der Waals surface area contributed by atoms with E-state index in [1.54, 1.807) is 20.8 Å². The largest absolute Gasteiger partial charge is 0.444 e. The van der Waals surface area contributed by atoms with Crippen LogP contribution in [-0.2, 0) is 4.74 Å². The van der Waals surface area contributed by atoms with Crippen molar-refractivity contribution in [3.8, 4) is 0 Å². The first-order valence-electron chi connectivity index (χ1n) is 6.05. The predicted octanol–water partition coefficient (Wildman–Crippen LogP) is 2.71. The summed E-state index contributed by atoms with van der Waals surface area (Å²) in [5.41, 5.74) is -0.416. The summed E-state index contributed by atoms with van der Waals surface area (Å²) in [6, 6.07) is 1.10. The summed E-state index contributed by atoms with van der Waals surface area (Å²) in [6.07, 6.45) is 0.746. The van der Waals surface area contributed by atoms with Crippen LogP contribution >= 0.6 is 0 Å². The minimum absolute atomic E-state index is 0.0448. The third kappa shape index (κ3) is 5.52. The highest BCUT2D eigenvalue weighted by atomic mass is 19.1. The summed E-state index contributed by atoms with van der Waals surface area (Å²) < 4.78 is 18.5. The minimum atomic E-state index is -0.601. The van der Waals surface area contributed by atoms with Gasteiger partial charge in [0.15, 0.2) is 11.6 Å². The van der Waals surface area contributed by atoms with E-state index in [-0.39, 0.29) is 18.1 Å². The van der Waals surface area contributed by atoms with Crippen LogP contribution in [0.4, 0.5) is 20.7 Å². The van der Waals surface area contributed by atoms with Gasteiger partial charge in [0.25, 0.3) is 0 Å². The van der Waals surface area contributed by atoms with Gasteiger partial charge < -0.3 is 15.4 Å². The molecule has 7 heteroatoms. The van der Waals surface area contributed by atoms with Crippen LogP contribution in [0.25, 0.3) is 4.85 Å². The van der Waals surface area contributed by atoms with Crippen LogP contribution in [0.5, 0.6) is 0 Å². The average molecular weight is 280 g/mol. The van der Waals surface area contributed by atoms with Crippen molar-refractivity contribution in [2.45, 2.75) is 26.4 Å². The number of ether oxygens (including phenoxy) is 1. The Hall–Kier alpha value is -2.36. The lowest BCUT2D eigenvalue weighted by Crippen LogP contribution is -2.35. The average Bonchev–Trinajstić information content (AvgIpc) is 2.33. The second-order valence-electron chi connectivity index (χ2n) is 4.99. The van der Waals surface area contributed by atoms with Gasteiger partial charge in [0.1, 0.15) is 5.60 Å². The van der Waals surface area contributed by atoms with Crippen LogP contribution in [-0.4, -0.2) is 29.8 Å². The SMILES string of the molecule is [C-]#[N+]c1cnc(NCCNC(=O)OC(C)(C)C)c(F)c1. The first kappa shape index (κ1) is 15.7. The number of pyridine rings is 1. The van der Waals surface area contributed by atoms with E-state index in [2.05, 4.69) is 20.5 Å². The van der Waals surface area contributed by atoms with Gasteiger partial charge in [-0.3, -0.25) is 0 Å². The third-order valence-electron chi connectivity index (χ3n) is 2.04. The molecule has 1 aromatic heterocycles. The van der Waals surface area contributed by atoms with E-state index in [1.165, 1.54) is 6.20 Å². The van der Waals surface area contributed by atoms with E-state index in [1.807, 2.05) is 0 Å². The van der Waals surface area contributed by atoms with E-state index in [9.17, 15) is 9.18 Å². The monoisotopic (exact) mass is 280 g/mol. The molecule has 0 aliphatic rings. The van der Waals surface area contributed by atoms with Gasteiger partial charge in [-0.25, -0.2) is 19.0 Å². The molecule has 0 radical (unpaired) electrons. The Kier molecular flexibility index (Phi) is 5.26. The number of amides is 1. The fourth-order valence-electron chi connectivity index (χ4n) is 1.28. The Balaban J connectivity index is 2.35. The number of alkyl carbamates (subject to hydrolysis) is 1. The highest BCUT2D eigenvalue weighted by Crippen LogP contribution is 2.17. The molecule has 0 aliphatic carbocycles. The van der Waals surface area contributed by atoms with Crippen molar-refractivity contribution >= 4 is 17.6 Å². The number of carbonyl (C=O) groups excluding carboxylic acids is 1. The minimum Gasteiger partial charge on any atom is -0.444 e. The van der Waals surface area contributed by atoms with Crippen molar-refractivity contribution < 1.29 is 13.9 Å². The van der Waals surface area contributed by atoms with Crippen LogP contribution < -0.4 is 10.6 Å². The number of carbonyl (C=O) groups is 1. The van der Waals surface area contributed by atoms with Crippen molar-refractivity contribution in [1.82, 2.24) is 10.3 Å². The highest BCUT2D eigenvalue weighted by Gasteiger charge is 2.15. The van der Waals surface area contributed by atoms with Crippen molar-refractivity contribution in [3.63, 3.8) is 0 Å². The highest BCUT2D eigenvalue weighted by molar-refractivity contribution is 5.67. The predicted molar refractivity (Wildman–Crippen MR) is 73.2 cm³/mol. The van der Waals surface area contributed by atoms with E-state index in [0.29, 0.717) is 6.54 Å². The lowest BCUT2D eigenvalue weighted by molar-refractivity contribution is 0.0530.